The molecule has 1 rings (SSSR count). The standard InChI is InChI=1S/C9H11FO2S2/c1-8-2-4-9(5-3-8)13-6-7-14(10,11)12/h2-5H,6-7H2,1H3. The Hall–Kier alpha value is -0.550. The van der Waals surface area contributed by atoms with Crippen LogP contribution in [0.2, 0.25) is 0 Å². The molecule has 0 bridgehead atoms. The van der Waals surface area contributed by atoms with Crippen molar-refractivity contribution in [2.75, 3.05) is 11.5 Å². The summed E-state index contributed by atoms with van der Waals surface area (Å²) < 4.78 is 32.5. The minimum Gasteiger partial charge on any atom is -0.195 e. The van der Waals surface area contributed by atoms with Gasteiger partial charge in [0.1, 0.15) is 0 Å². The number of hydrogen-bond acceptors (Lipinski definition) is 3. The Balaban J connectivity index is 2.43. The zero-order chi connectivity index (χ0) is 10.6. The molecule has 0 fully saturated rings. The number of thioether (sulfide) groups is 1. The summed E-state index contributed by atoms with van der Waals surface area (Å²) in [6.45, 7) is 1.97. The topological polar surface area (TPSA) is 34.1 Å². The summed E-state index contributed by atoms with van der Waals surface area (Å²) in [5, 5.41) is 0. The van der Waals surface area contributed by atoms with Crippen molar-refractivity contribution in [3.05, 3.63) is 29.8 Å². The molecule has 0 unspecified atom stereocenters. The Kier molecular flexibility index (Phi) is 3.95. The highest BCUT2D eigenvalue weighted by atomic mass is 32.3. The van der Waals surface area contributed by atoms with Crippen LogP contribution < -0.4 is 0 Å². The van der Waals surface area contributed by atoms with E-state index >= 15 is 0 Å². The fourth-order valence-electron chi connectivity index (χ4n) is 0.894. The van der Waals surface area contributed by atoms with Gasteiger partial charge in [-0.15, -0.1) is 15.6 Å². The van der Waals surface area contributed by atoms with E-state index in [0.29, 0.717) is 0 Å². The minimum absolute atomic E-state index is 0.252. The molecule has 78 valence electrons. The van der Waals surface area contributed by atoms with E-state index in [0.717, 1.165) is 10.5 Å². The number of rotatable bonds is 4. The maximum atomic E-state index is 12.1. The number of hydrogen-bond donors (Lipinski definition) is 0. The van der Waals surface area contributed by atoms with Gasteiger partial charge in [0.25, 0.3) is 0 Å². The number of aryl methyl sites for hydroxylation is 1. The van der Waals surface area contributed by atoms with Gasteiger partial charge in [-0.3, -0.25) is 0 Å². The van der Waals surface area contributed by atoms with Gasteiger partial charge in [-0.05, 0) is 19.1 Å². The predicted octanol–water partition coefficient (Wildman–Crippen LogP) is 2.39. The molecule has 0 atom stereocenters. The second kappa shape index (κ2) is 4.79. The van der Waals surface area contributed by atoms with E-state index in [4.69, 9.17) is 0 Å². The van der Waals surface area contributed by atoms with E-state index < -0.39 is 16.0 Å². The number of benzene rings is 1. The monoisotopic (exact) mass is 234 g/mol. The van der Waals surface area contributed by atoms with E-state index in [-0.39, 0.29) is 5.75 Å². The van der Waals surface area contributed by atoms with E-state index in [1.807, 2.05) is 31.2 Å². The summed E-state index contributed by atoms with van der Waals surface area (Å²) in [5.41, 5.74) is 1.15. The first kappa shape index (κ1) is 11.5. The van der Waals surface area contributed by atoms with Gasteiger partial charge in [-0.1, -0.05) is 17.7 Å². The van der Waals surface area contributed by atoms with Crippen molar-refractivity contribution in [1.29, 1.82) is 0 Å². The Morgan fingerprint density at radius 2 is 1.86 bits per heavy atom. The highest BCUT2D eigenvalue weighted by molar-refractivity contribution is 8.00. The molecule has 1 aromatic rings. The van der Waals surface area contributed by atoms with Crippen LogP contribution in [0, 0.1) is 6.92 Å². The second-order valence-corrected chi connectivity index (χ2v) is 5.56. The van der Waals surface area contributed by atoms with Crippen LogP contribution in [0.4, 0.5) is 3.89 Å². The van der Waals surface area contributed by atoms with Crippen LogP contribution in [0.25, 0.3) is 0 Å². The van der Waals surface area contributed by atoms with Gasteiger partial charge in [-0.2, -0.15) is 8.42 Å². The van der Waals surface area contributed by atoms with Crippen LogP contribution in [0.15, 0.2) is 29.2 Å². The molecule has 0 N–H and O–H groups in total. The lowest BCUT2D eigenvalue weighted by Gasteiger charge is -1.99. The van der Waals surface area contributed by atoms with Gasteiger partial charge in [0.15, 0.2) is 0 Å². The predicted molar refractivity (Wildman–Crippen MR) is 56.8 cm³/mol. The molecule has 14 heavy (non-hydrogen) atoms. The first-order valence-corrected chi connectivity index (χ1v) is 6.63. The molecular weight excluding hydrogens is 223 g/mol. The van der Waals surface area contributed by atoms with Crippen LogP contribution in [-0.2, 0) is 10.2 Å². The largest absolute Gasteiger partial charge is 0.303 e. The van der Waals surface area contributed by atoms with Crippen LogP contribution in [0.5, 0.6) is 0 Å². The van der Waals surface area contributed by atoms with Crippen LogP contribution in [0.3, 0.4) is 0 Å². The summed E-state index contributed by atoms with van der Waals surface area (Å²) in [5.74, 6) is -0.173. The third-order valence-electron chi connectivity index (χ3n) is 1.62. The molecule has 0 amide bonds. The Labute approximate surface area is 87.7 Å². The maximum Gasteiger partial charge on any atom is 0.303 e. The molecule has 0 heterocycles. The summed E-state index contributed by atoms with van der Waals surface area (Å²) in [6, 6.07) is 7.66. The van der Waals surface area contributed by atoms with E-state index in [1.165, 1.54) is 11.8 Å². The minimum atomic E-state index is -4.32. The van der Waals surface area contributed by atoms with Crippen LogP contribution in [0.1, 0.15) is 5.56 Å². The van der Waals surface area contributed by atoms with Gasteiger partial charge in [-0.25, -0.2) is 0 Å². The molecule has 0 radical (unpaired) electrons. The van der Waals surface area contributed by atoms with Crippen molar-refractivity contribution in [3.63, 3.8) is 0 Å². The van der Waals surface area contributed by atoms with Crippen LogP contribution >= 0.6 is 11.8 Å². The quantitative estimate of drug-likeness (QED) is 0.592. The van der Waals surface area contributed by atoms with Gasteiger partial charge in [0.05, 0.1) is 5.75 Å². The molecule has 0 aromatic heterocycles. The molecular formula is C9H11FO2S2. The Morgan fingerprint density at radius 1 is 1.29 bits per heavy atom. The first-order valence-electron chi connectivity index (χ1n) is 4.09. The molecule has 0 aliphatic carbocycles. The molecule has 0 saturated heterocycles. The van der Waals surface area contributed by atoms with Gasteiger partial charge in [0, 0.05) is 10.6 Å². The molecule has 0 saturated carbocycles. The van der Waals surface area contributed by atoms with Crippen molar-refractivity contribution in [3.8, 4) is 0 Å². The van der Waals surface area contributed by atoms with Crippen molar-refractivity contribution < 1.29 is 12.3 Å². The van der Waals surface area contributed by atoms with E-state index in [1.54, 1.807) is 0 Å². The summed E-state index contributed by atoms with van der Waals surface area (Å²) in [6.07, 6.45) is 0. The van der Waals surface area contributed by atoms with Crippen molar-refractivity contribution in [2.24, 2.45) is 0 Å². The second-order valence-electron chi connectivity index (χ2n) is 2.90. The lowest BCUT2D eigenvalue weighted by atomic mass is 10.2. The number of halogens is 1. The third kappa shape index (κ3) is 4.62. The van der Waals surface area contributed by atoms with E-state index in [9.17, 15) is 12.3 Å². The van der Waals surface area contributed by atoms with E-state index in [2.05, 4.69) is 0 Å². The lowest BCUT2D eigenvalue weighted by Crippen LogP contribution is -2.00. The average molecular weight is 234 g/mol. The van der Waals surface area contributed by atoms with Gasteiger partial charge >= 0.3 is 10.2 Å². The molecule has 0 spiro atoms. The fraction of sp³-hybridized carbons (Fsp3) is 0.333. The fourth-order valence-corrected chi connectivity index (χ4v) is 2.59. The van der Waals surface area contributed by atoms with Crippen LogP contribution in [-0.4, -0.2) is 19.9 Å². The highest BCUT2D eigenvalue weighted by Crippen LogP contribution is 2.18. The van der Waals surface area contributed by atoms with Gasteiger partial charge in [0.2, 0.25) is 0 Å². The zero-order valence-electron chi connectivity index (χ0n) is 7.73. The van der Waals surface area contributed by atoms with Crippen molar-refractivity contribution in [2.45, 2.75) is 11.8 Å². The molecule has 2 nitrogen and oxygen atoms in total. The highest BCUT2D eigenvalue weighted by Gasteiger charge is 2.06. The molecule has 0 aliphatic rings. The molecule has 1 aromatic carbocycles. The Morgan fingerprint density at radius 3 is 2.36 bits per heavy atom. The summed E-state index contributed by atoms with van der Waals surface area (Å²) in [4.78, 5) is 0.958. The Bertz CT molecular complexity index is 384. The molecule has 5 heteroatoms. The molecule has 0 aliphatic heterocycles. The lowest BCUT2D eigenvalue weighted by molar-refractivity contribution is 0.554. The summed E-state index contributed by atoms with van der Waals surface area (Å²) >= 11 is 1.34. The zero-order valence-corrected chi connectivity index (χ0v) is 9.37. The first-order chi connectivity index (χ1) is 6.47. The van der Waals surface area contributed by atoms with Gasteiger partial charge < -0.3 is 0 Å². The van der Waals surface area contributed by atoms with Crippen molar-refractivity contribution >= 4 is 22.0 Å². The summed E-state index contributed by atoms with van der Waals surface area (Å²) in [7, 11) is -4.32. The average Bonchev–Trinajstić information content (AvgIpc) is 2.06. The van der Waals surface area contributed by atoms with Crippen molar-refractivity contribution in [1.82, 2.24) is 0 Å². The smallest absolute Gasteiger partial charge is 0.195 e. The maximum absolute atomic E-state index is 12.1. The third-order valence-corrected chi connectivity index (χ3v) is 3.58. The SMILES string of the molecule is Cc1ccc(SCCS(=O)(=O)F)cc1. The normalized spacial score (nSPS) is 11.6.